The number of halogens is 1. The van der Waals surface area contributed by atoms with Crippen LogP contribution in [0.2, 0.25) is 0 Å². The van der Waals surface area contributed by atoms with Crippen molar-refractivity contribution in [3.8, 4) is 11.6 Å². The highest BCUT2D eigenvalue weighted by molar-refractivity contribution is 6.03. The van der Waals surface area contributed by atoms with Gasteiger partial charge in [-0.25, -0.2) is 9.37 Å². The number of ether oxygens (including phenoxy) is 2. The molecule has 1 aliphatic carbocycles. The standard InChI is InChI=1S/C29H27FN6O3/c30-22-2-5-24(6-3-22)39-27-8-4-23(17-32-27)33-29(37)28-25-14-20(1-7-26(25)34-35-28)21-13-19(15-31-16-21)18-36-9-11-38-12-10-36/h2-8,13-17,20,34H,1,9-12,18H2,(H,33,37). The SMILES string of the molecule is O=C(Nc1ccc(Oc2ccc(F)cc2)nc1)c1n[nH]c2c1=CC(c1cncc(CN3CCOCC3)c1)CC=2. The van der Waals surface area contributed by atoms with Gasteiger partial charge in [-0.1, -0.05) is 18.2 Å². The summed E-state index contributed by atoms with van der Waals surface area (Å²) in [7, 11) is 0. The second kappa shape index (κ2) is 11.1. The zero-order valence-corrected chi connectivity index (χ0v) is 21.1. The number of nitrogens with zero attached hydrogens (tertiary/aromatic N) is 4. The summed E-state index contributed by atoms with van der Waals surface area (Å²) in [5.74, 6) is 0.192. The van der Waals surface area contributed by atoms with Crippen LogP contribution in [0, 0.1) is 5.82 Å². The highest BCUT2D eigenvalue weighted by Crippen LogP contribution is 2.24. The number of pyridine rings is 2. The first-order valence-electron chi connectivity index (χ1n) is 12.8. The van der Waals surface area contributed by atoms with Crippen LogP contribution in [-0.4, -0.2) is 57.3 Å². The third-order valence-corrected chi connectivity index (χ3v) is 6.78. The van der Waals surface area contributed by atoms with Gasteiger partial charge in [0.05, 0.1) is 30.4 Å². The maximum Gasteiger partial charge on any atom is 0.276 e. The number of aromatic nitrogens is 4. The molecule has 198 valence electrons. The van der Waals surface area contributed by atoms with Crippen molar-refractivity contribution in [2.24, 2.45) is 0 Å². The Bertz CT molecular complexity index is 1580. The summed E-state index contributed by atoms with van der Waals surface area (Å²) in [5, 5.41) is 11.7. The van der Waals surface area contributed by atoms with Gasteiger partial charge in [-0.15, -0.1) is 0 Å². The van der Waals surface area contributed by atoms with Gasteiger partial charge in [-0.05, 0) is 47.9 Å². The summed E-state index contributed by atoms with van der Waals surface area (Å²) in [6.45, 7) is 4.20. The Morgan fingerprint density at radius 1 is 1.13 bits per heavy atom. The van der Waals surface area contributed by atoms with Crippen molar-refractivity contribution >= 4 is 23.7 Å². The lowest BCUT2D eigenvalue weighted by atomic mass is 9.92. The number of rotatable bonds is 7. The van der Waals surface area contributed by atoms with E-state index in [1.54, 1.807) is 12.1 Å². The molecule has 1 aliphatic heterocycles. The predicted octanol–water partition coefficient (Wildman–Crippen LogP) is 2.96. The normalized spacial score (nSPS) is 17.0. The molecule has 2 aliphatic rings. The van der Waals surface area contributed by atoms with E-state index in [-0.39, 0.29) is 17.6 Å². The minimum atomic E-state index is -0.343. The molecule has 1 saturated heterocycles. The number of H-pyrrole nitrogens is 1. The second-order valence-electron chi connectivity index (χ2n) is 9.52. The number of hydrogen-bond donors (Lipinski definition) is 2. The Hall–Kier alpha value is -4.41. The second-order valence-corrected chi connectivity index (χ2v) is 9.52. The zero-order chi connectivity index (χ0) is 26.6. The lowest BCUT2D eigenvalue weighted by Gasteiger charge is -2.26. The Kier molecular flexibility index (Phi) is 7.11. The average molecular weight is 527 g/mol. The lowest BCUT2D eigenvalue weighted by Crippen LogP contribution is -2.35. The topological polar surface area (TPSA) is 105 Å². The van der Waals surface area contributed by atoms with Crippen molar-refractivity contribution in [3.63, 3.8) is 0 Å². The van der Waals surface area contributed by atoms with Crippen LogP contribution < -0.4 is 20.6 Å². The monoisotopic (exact) mass is 526 g/mol. The van der Waals surface area contributed by atoms with Crippen molar-refractivity contribution in [2.45, 2.75) is 18.9 Å². The Labute approximate surface area is 224 Å². The Morgan fingerprint density at radius 2 is 1.97 bits per heavy atom. The van der Waals surface area contributed by atoms with E-state index in [1.807, 2.05) is 12.4 Å². The number of aromatic amines is 1. The number of nitrogens with one attached hydrogen (secondary N) is 2. The summed E-state index contributed by atoms with van der Waals surface area (Å²) >= 11 is 0. The van der Waals surface area contributed by atoms with Gasteiger partial charge < -0.3 is 14.8 Å². The predicted molar refractivity (Wildman–Crippen MR) is 143 cm³/mol. The number of fused-ring (bicyclic) bond motifs is 1. The molecule has 0 bridgehead atoms. The fourth-order valence-corrected chi connectivity index (χ4v) is 4.75. The lowest BCUT2D eigenvalue weighted by molar-refractivity contribution is 0.0341. The Balaban J connectivity index is 1.15. The van der Waals surface area contributed by atoms with E-state index in [1.165, 1.54) is 30.5 Å². The molecule has 4 heterocycles. The van der Waals surface area contributed by atoms with Gasteiger partial charge in [0.1, 0.15) is 11.6 Å². The van der Waals surface area contributed by atoms with Gasteiger partial charge in [-0.3, -0.25) is 19.8 Å². The van der Waals surface area contributed by atoms with Crippen molar-refractivity contribution < 1.29 is 18.7 Å². The van der Waals surface area contributed by atoms with Crippen molar-refractivity contribution in [3.05, 3.63) is 94.3 Å². The van der Waals surface area contributed by atoms with E-state index in [0.717, 1.165) is 61.0 Å². The molecule has 1 fully saturated rings. The zero-order valence-electron chi connectivity index (χ0n) is 21.1. The number of anilines is 1. The molecule has 1 amide bonds. The van der Waals surface area contributed by atoms with E-state index in [4.69, 9.17) is 9.47 Å². The summed E-state index contributed by atoms with van der Waals surface area (Å²) in [5.41, 5.74) is 3.09. The number of morpholine rings is 1. The molecular formula is C29H27FN6O3. The van der Waals surface area contributed by atoms with E-state index < -0.39 is 0 Å². The molecular weight excluding hydrogens is 499 g/mol. The van der Waals surface area contributed by atoms with Crippen molar-refractivity contribution in [1.82, 2.24) is 25.1 Å². The van der Waals surface area contributed by atoms with Crippen molar-refractivity contribution in [1.29, 1.82) is 0 Å². The quantitative estimate of drug-likeness (QED) is 0.382. The van der Waals surface area contributed by atoms with E-state index in [0.29, 0.717) is 23.0 Å². The largest absolute Gasteiger partial charge is 0.439 e. The molecule has 1 unspecified atom stereocenters. The van der Waals surface area contributed by atoms with E-state index in [2.05, 4.69) is 48.6 Å². The van der Waals surface area contributed by atoms with E-state index >= 15 is 0 Å². The summed E-state index contributed by atoms with van der Waals surface area (Å²) in [4.78, 5) is 24.2. The number of carbonyl (C=O) groups is 1. The summed E-state index contributed by atoms with van der Waals surface area (Å²) in [6.07, 6.45) is 10.3. The number of carbonyl (C=O) groups excluding carboxylic acids is 1. The summed E-state index contributed by atoms with van der Waals surface area (Å²) in [6, 6.07) is 11.2. The average Bonchev–Trinajstić information content (AvgIpc) is 3.40. The highest BCUT2D eigenvalue weighted by Gasteiger charge is 2.19. The van der Waals surface area contributed by atoms with Crippen LogP contribution in [0.15, 0.2) is 61.1 Å². The third kappa shape index (κ3) is 5.87. The minimum absolute atomic E-state index is 0.0864. The fraction of sp³-hybridized carbons (Fsp3) is 0.241. The minimum Gasteiger partial charge on any atom is -0.439 e. The molecule has 10 heteroatoms. The molecule has 2 N–H and O–H groups in total. The van der Waals surface area contributed by atoms with Crippen LogP contribution >= 0.6 is 0 Å². The molecule has 0 saturated carbocycles. The molecule has 0 radical (unpaired) electrons. The third-order valence-electron chi connectivity index (χ3n) is 6.78. The van der Waals surface area contributed by atoms with Gasteiger partial charge in [0.25, 0.3) is 5.91 Å². The maximum atomic E-state index is 13.1. The molecule has 39 heavy (non-hydrogen) atoms. The summed E-state index contributed by atoms with van der Waals surface area (Å²) < 4.78 is 24.2. The first-order valence-corrected chi connectivity index (χ1v) is 12.8. The van der Waals surface area contributed by atoms with Crippen molar-refractivity contribution in [2.75, 3.05) is 31.6 Å². The van der Waals surface area contributed by atoms with Crippen LogP contribution in [0.5, 0.6) is 11.6 Å². The molecule has 0 spiro atoms. The smallest absolute Gasteiger partial charge is 0.276 e. The van der Waals surface area contributed by atoms with E-state index in [9.17, 15) is 9.18 Å². The van der Waals surface area contributed by atoms with Gasteiger partial charge in [0, 0.05) is 49.2 Å². The van der Waals surface area contributed by atoms with Crippen LogP contribution in [0.4, 0.5) is 10.1 Å². The molecule has 9 nitrogen and oxygen atoms in total. The van der Waals surface area contributed by atoms with Gasteiger partial charge in [0.15, 0.2) is 5.69 Å². The molecule has 1 aromatic carbocycles. The maximum absolute atomic E-state index is 13.1. The highest BCUT2D eigenvalue weighted by atomic mass is 19.1. The molecule has 4 aromatic rings. The van der Waals surface area contributed by atoms with Crippen LogP contribution in [0.3, 0.4) is 0 Å². The van der Waals surface area contributed by atoms with Gasteiger partial charge in [0.2, 0.25) is 5.88 Å². The number of benzene rings is 1. The van der Waals surface area contributed by atoms with Crippen LogP contribution in [-0.2, 0) is 11.3 Å². The van der Waals surface area contributed by atoms with Crippen LogP contribution in [0.1, 0.15) is 34.0 Å². The van der Waals surface area contributed by atoms with Gasteiger partial charge >= 0.3 is 0 Å². The fourth-order valence-electron chi connectivity index (χ4n) is 4.75. The number of amides is 1. The first kappa shape index (κ1) is 24.9. The number of hydrogen-bond acceptors (Lipinski definition) is 7. The first-order chi connectivity index (χ1) is 19.1. The molecule has 6 rings (SSSR count). The molecule has 3 aromatic heterocycles. The molecule has 1 atom stereocenters. The van der Waals surface area contributed by atoms with Gasteiger partial charge in [-0.2, -0.15) is 5.10 Å². The Morgan fingerprint density at radius 3 is 2.77 bits per heavy atom. The van der Waals surface area contributed by atoms with Crippen LogP contribution in [0.25, 0.3) is 12.2 Å².